The van der Waals surface area contributed by atoms with Crippen LogP contribution in [-0.4, -0.2) is 19.1 Å². The lowest BCUT2D eigenvalue weighted by atomic mass is 9.65. The highest BCUT2D eigenvalue weighted by atomic mass is 32.2. The van der Waals surface area contributed by atoms with Gasteiger partial charge in [-0.05, 0) is 70.6 Å². The zero-order valence-electron chi connectivity index (χ0n) is 20.5. The van der Waals surface area contributed by atoms with Gasteiger partial charge in [-0.1, -0.05) is 72.7 Å². The summed E-state index contributed by atoms with van der Waals surface area (Å²) in [6.07, 6.45) is 2.12. The Hall–Kier alpha value is -1.42. The van der Waals surface area contributed by atoms with Crippen molar-refractivity contribution >= 4 is 24.4 Å². The van der Waals surface area contributed by atoms with Gasteiger partial charge in [-0.3, -0.25) is 4.55 Å². The van der Waals surface area contributed by atoms with Gasteiger partial charge >= 0.3 is 0 Å². The molecular formula is C26H40NO3PS. The third-order valence-electron chi connectivity index (χ3n) is 6.91. The molecule has 0 fully saturated rings. The molecule has 0 saturated carbocycles. The maximum absolute atomic E-state index is 11.5. The molecule has 4 nitrogen and oxygen atoms in total. The van der Waals surface area contributed by atoms with Crippen molar-refractivity contribution in [3.63, 3.8) is 0 Å². The fourth-order valence-corrected chi connectivity index (χ4v) is 6.63. The summed E-state index contributed by atoms with van der Waals surface area (Å²) < 4.78 is 32.3. The van der Waals surface area contributed by atoms with E-state index in [1.807, 2.05) is 24.3 Å². The number of hydrogen-bond donors (Lipinski definition) is 2. The van der Waals surface area contributed by atoms with E-state index in [2.05, 4.69) is 60.6 Å². The Morgan fingerprint density at radius 3 is 1.88 bits per heavy atom. The minimum absolute atomic E-state index is 0.00533. The average molecular weight is 478 g/mol. The molecule has 2 rings (SSSR count). The van der Waals surface area contributed by atoms with Gasteiger partial charge in [0.05, 0.1) is 4.90 Å². The Labute approximate surface area is 196 Å². The van der Waals surface area contributed by atoms with Gasteiger partial charge in [0.25, 0.3) is 10.1 Å². The summed E-state index contributed by atoms with van der Waals surface area (Å²) in [5.41, 5.74) is 9.59. The van der Waals surface area contributed by atoms with Crippen molar-refractivity contribution in [1.82, 2.24) is 0 Å². The smallest absolute Gasteiger partial charge is 0.294 e. The zero-order valence-corrected chi connectivity index (χ0v) is 22.3. The van der Waals surface area contributed by atoms with Gasteiger partial charge < -0.3 is 5.73 Å². The Kier molecular flexibility index (Phi) is 8.58. The fraction of sp³-hybridized carbons (Fsp3) is 0.538. The Balaban J connectivity index is 2.36. The van der Waals surface area contributed by atoms with Crippen LogP contribution in [0.4, 0.5) is 5.69 Å². The first kappa shape index (κ1) is 26.8. The van der Waals surface area contributed by atoms with Crippen molar-refractivity contribution < 1.29 is 13.0 Å². The Morgan fingerprint density at radius 1 is 0.938 bits per heavy atom. The van der Waals surface area contributed by atoms with Crippen LogP contribution in [0.5, 0.6) is 0 Å². The average Bonchev–Trinajstić information content (AvgIpc) is 2.69. The molecule has 4 atom stereocenters. The van der Waals surface area contributed by atoms with E-state index in [9.17, 15) is 13.0 Å². The SMILES string of the molecule is CCPC(c1ccc(S(=O)(=O)O)cc1)C(C)(C)C(C)CC(c1ccc(N)cc1)C(C)(C)C. The van der Waals surface area contributed by atoms with Crippen LogP contribution < -0.4 is 5.73 Å². The standard InChI is InChI=1S/C26H40NO3PS/c1-8-31-24(20-11-15-22(16-12-20)32(28,29)30)26(6,7)18(2)17-23(25(3,4)5)19-9-13-21(27)14-10-19/h9-16,18,23-24,31H,8,17,27H2,1-7H3,(H,28,29,30). The number of benzene rings is 2. The largest absolute Gasteiger partial charge is 0.399 e. The lowest BCUT2D eigenvalue weighted by Gasteiger charge is -2.43. The van der Waals surface area contributed by atoms with E-state index >= 15 is 0 Å². The molecule has 0 aliphatic carbocycles. The Morgan fingerprint density at radius 2 is 1.44 bits per heavy atom. The molecule has 178 valence electrons. The highest BCUT2D eigenvalue weighted by Crippen LogP contribution is 2.54. The molecule has 0 aliphatic heterocycles. The molecule has 3 N–H and O–H groups in total. The van der Waals surface area contributed by atoms with Crippen LogP contribution >= 0.6 is 8.58 Å². The Bertz CT molecular complexity index is 977. The monoisotopic (exact) mass is 477 g/mol. The summed E-state index contributed by atoms with van der Waals surface area (Å²) in [5.74, 6) is 0.819. The van der Waals surface area contributed by atoms with Crippen molar-refractivity contribution in [3.05, 3.63) is 59.7 Å². The topological polar surface area (TPSA) is 80.4 Å². The van der Waals surface area contributed by atoms with E-state index < -0.39 is 10.1 Å². The minimum atomic E-state index is -4.18. The molecule has 0 aliphatic rings. The normalized spacial score (nSPS) is 16.2. The molecule has 0 amide bonds. The number of rotatable bonds is 9. The molecule has 2 aromatic rings. The highest BCUT2D eigenvalue weighted by Gasteiger charge is 2.38. The number of nitrogen functional groups attached to an aromatic ring is 1. The summed E-state index contributed by atoms with van der Waals surface area (Å²) >= 11 is 0. The van der Waals surface area contributed by atoms with Gasteiger partial charge in [0, 0.05) is 11.3 Å². The molecule has 32 heavy (non-hydrogen) atoms. The molecule has 2 aromatic carbocycles. The van der Waals surface area contributed by atoms with Gasteiger partial charge in [0.2, 0.25) is 0 Å². The van der Waals surface area contributed by atoms with Crippen molar-refractivity contribution in [3.8, 4) is 0 Å². The van der Waals surface area contributed by atoms with Gasteiger partial charge in [0.1, 0.15) is 0 Å². The summed E-state index contributed by atoms with van der Waals surface area (Å²) in [4.78, 5) is -0.0539. The van der Waals surface area contributed by atoms with Crippen molar-refractivity contribution in [2.45, 2.75) is 71.4 Å². The van der Waals surface area contributed by atoms with Crippen LogP contribution in [0.25, 0.3) is 0 Å². The number of nitrogens with two attached hydrogens (primary N) is 1. The lowest BCUT2D eigenvalue weighted by molar-refractivity contribution is 0.166. The first-order chi connectivity index (χ1) is 14.7. The fourth-order valence-electron chi connectivity index (χ4n) is 4.51. The maximum Gasteiger partial charge on any atom is 0.294 e. The highest BCUT2D eigenvalue weighted by molar-refractivity contribution is 7.85. The maximum atomic E-state index is 11.5. The van der Waals surface area contributed by atoms with E-state index in [1.54, 1.807) is 0 Å². The van der Waals surface area contributed by atoms with Crippen LogP contribution in [-0.2, 0) is 10.1 Å². The molecule has 0 radical (unpaired) electrons. The van der Waals surface area contributed by atoms with Gasteiger partial charge in [-0.25, -0.2) is 0 Å². The second-order valence-corrected chi connectivity index (χ2v) is 13.7. The third kappa shape index (κ3) is 6.56. The van der Waals surface area contributed by atoms with E-state index in [-0.39, 0.29) is 15.7 Å². The van der Waals surface area contributed by atoms with Crippen LogP contribution in [0.3, 0.4) is 0 Å². The van der Waals surface area contributed by atoms with Gasteiger partial charge in [0.15, 0.2) is 0 Å². The number of anilines is 1. The summed E-state index contributed by atoms with van der Waals surface area (Å²) in [6.45, 7) is 16.1. The van der Waals surface area contributed by atoms with Crippen molar-refractivity contribution in [2.24, 2.45) is 16.7 Å². The van der Waals surface area contributed by atoms with Crippen molar-refractivity contribution in [1.29, 1.82) is 0 Å². The van der Waals surface area contributed by atoms with Crippen LogP contribution in [0.1, 0.15) is 77.6 Å². The van der Waals surface area contributed by atoms with E-state index in [1.165, 1.54) is 17.7 Å². The molecule has 4 unspecified atom stereocenters. The minimum Gasteiger partial charge on any atom is -0.399 e. The predicted molar refractivity (Wildman–Crippen MR) is 138 cm³/mol. The molecule has 0 heterocycles. The second kappa shape index (κ2) is 10.2. The van der Waals surface area contributed by atoms with Crippen LogP contribution in [0.2, 0.25) is 0 Å². The molecule has 0 spiro atoms. The molecule has 0 bridgehead atoms. The predicted octanol–water partition coefficient (Wildman–Crippen LogP) is 7.14. The number of hydrogen-bond acceptors (Lipinski definition) is 3. The van der Waals surface area contributed by atoms with Crippen LogP contribution in [0.15, 0.2) is 53.4 Å². The van der Waals surface area contributed by atoms with Gasteiger partial charge in [-0.15, -0.1) is 8.58 Å². The first-order valence-electron chi connectivity index (χ1n) is 11.3. The lowest BCUT2D eigenvalue weighted by Crippen LogP contribution is -2.31. The zero-order chi connectivity index (χ0) is 24.3. The quantitative estimate of drug-likeness (QED) is 0.228. The van der Waals surface area contributed by atoms with E-state index in [4.69, 9.17) is 5.73 Å². The summed E-state index contributed by atoms with van der Waals surface area (Å²) in [7, 11) is -3.45. The van der Waals surface area contributed by atoms with Crippen LogP contribution in [0, 0.1) is 16.7 Å². The second-order valence-electron chi connectivity index (χ2n) is 10.6. The van der Waals surface area contributed by atoms with Crippen molar-refractivity contribution in [2.75, 3.05) is 11.9 Å². The molecule has 6 heteroatoms. The molecule has 0 aromatic heterocycles. The summed E-state index contributed by atoms with van der Waals surface area (Å²) in [6, 6.07) is 15.1. The van der Waals surface area contributed by atoms with Gasteiger partial charge in [-0.2, -0.15) is 8.42 Å². The van der Waals surface area contributed by atoms with E-state index in [0.717, 1.165) is 32.4 Å². The molecule has 0 saturated heterocycles. The summed E-state index contributed by atoms with van der Waals surface area (Å²) in [5, 5.41) is 0. The third-order valence-corrected chi connectivity index (χ3v) is 9.67. The van der Waals surface area contributed by atoms with E-state index in [0.29, 0.717) is 17.5 Å². The first-order valence-corrected chi connectivity index (χ1v) is 14.1. The molecular weight excluding hydrogens is 437 g/mol.